The number of benzene rings is 1. The van der Waals surface area contributed by atoms with Gasteiger partial charge in [-0.05, 0) is 37.0 Å². The SMILES string of the molecule is CC(C)(C)Sc1cc(C2(O)CCC2)ccc1C(F)(F)F. The zero-order valence-corrected chi connectivity index (χ0v) is 12.7. The van der Waals surface area contributed by atoms with Crippen molar-refractivity contribution < 1.29 is 18.3 Å². The first kappa shape index (κ1) is 15.7. The van der Waals surface area contributed by atoms with Crippen LogP contribution in [0.4, 0.5) is 13.2 Å². The molecule has 0 amide bonds. The highest BCUT2D eigenvalue weighted by Gasteiger charge is 2.39. The molecule has 5 heteroatoms. The molecule has 1 aromatic carbocycles. The summed E-state index contributed by atoms with van der Waals surface area (Å²) in [4.78, 5) is 0.197. The van der Waals surface area contributed by atoms with E-state index in [0.29, 0.717) is 18.4 Å². The van der Waals surface area contributed by atoms with Crippen molar-refractivity contribution in [2.75, 3.05) is 0 Å². The average molecular weight is 304 g/mol. The van der Waals surface area contributed by atoms with Gasteiger partial charge in [0, 0.05) is 9.64 Å². The highest BCUT2D eigenvalue weighted by Crippen LogP contribution is 2.46. The summed E-state index contributed by atoms with van der Waals surface area (Å²) in [7, 11) is 0. The number of halogens is 3. The monoisotopic (exact) mass is 304 g/mol. The van der Waals surface area contributed by atoms with Gasteiger partial charge in [0.05, 0.1) is 11.2 Å². The van der Waals surface area contributed by atoms with Crippen LogP contribution < -0.4 is 0 Å². The molecular formula is C15H19F3OS. The van der Waals surface area contributed by atoms with Crippen molar-refractivity contribution in [1.29, 1.82) is 0 Å². The lowest BCUT2D eigenvalue weighted by Gasteiger charge is -2.37. The van der Waals surface area contributed by atoms with Gasteiger partial charge in [-0.2, -0.15) is 13.2 Å². The topological polar surface area (TPSA) is 20.2 Å². The lowest BCUT2D eigenvalue weighted by Crippen LogP contribution is -2.33. The van der Waals surface area contributed by atoms with Gasteiger partial charge in [-0.1, -0.05) is 26.8 Å². The fourth-order valence-corrected chi connectivity index (χ4v) is 3.40. The van der Waals surface area contributed by atoms with E-state index in [2.05, 4.69) is 0 Å². The van der Waals surface area contributed by atoms with Crippen LogP contribution >= 0.6 is 11.8 Å². The molecule has 20 heavy (non-hydrogen) atoms. The molecule has 112 valence electrons. The Labute approximate surface area is 121 Å². The predicted molar refractivity (Wildman–Crippen MR) is 74.8 cm³/mol. The highest BCUT2D eigenvalue weighted by molar-refractivity contribution is 8.00. The maximum absolute atomic E-state index is 13.1. The summed E-state index contributed by atoms with van der Waals surface area (Å²) >= 11 is 1.19. The summed E-state index contributed by atoms with van der Waals surface area (Å²) < 4.78 is 38.9. The minimum absolute atomic E-state index is 0.197. The molecule has 1 aromatic rings. The summed E-state index contributed by atoms with van der Waals surface area (Å²) in [6.45, 7) is 5.63. The first-order valence-corrected chi connectivity index (χ1v) is 7.46. The fourth-order valence-electron chi connectivity index (χ4n) is 2.26. The average Bonchev–Trinajstić information content (AvgIpc) is 2.21. The third-order valence-electron chi connectivity index (χ3n) is 3.42. The van der Waals surface area contributed by atoms with Crippen LogP contribution in [0.1, 0.15) is 51.2 Å². The van der Waals surface area contributed by atoms with Crippen LogP contribution in [-0.2, 0) is 11.8 Å². The molecule has 1 N–H and O–H groups in total. The molecular weight excluding hydrogens is 285 g/mol. The van der Waals surface area contributed by atoms with Gasteiger partial charge in [-0.25, -0.2) is 0 Å². The Hall–Kier alpha value is -0.680. The summed E-state index contributed by atoms with van der Waals surface area (Å²) in [5, 5.41) is 10.3. The van der Waals surface area contributed by atoms with E-state index in [1.165, 1.54) is 23.9 Å². The standard InChI is InChI=1S/C15H19F3OS/c1-13(2,3)20-12-9-10(14(19)7-4-8-14)5-6-11(12)15(16,17)18/h5-6,9,19H,4,7-8H2,1-3H3. The zero-order chi connectivity index (χ0) is 15.2. The van der Waals surface area contributed by atoms with Crippen molar-refractivity contribution in [1.82, 2.24) is 0 Å². The van der Waals surface area contributed by atoms with Crippen LogP contribution in [0.5, 0.6) is 0 Å². The maximum Gasteiger partial charge on any atom is 0.417 e. The quantitative estimate of drug-likeness (QED) is 0.779. The number of aliphatic hydroxyl groups is 1. The van der Waals surface area contributed by atoms with E-state index in [4.69, 9.17) is 0 Å². The van der Waals surface area contributed by atoms with E-state index < -0.39 is 17.3 Å². The smallest absolute Gasteiger partial charge is 0.385 e. The Morgan fingerprint density at radius 1 is 1.15 bits per heavy atom. The Balaban J connectivity index is 2.44. The Morgan fingerprint density at radius 3 is 2.15 bits per heavy atom. The highest BCUT2D eigenvalue weighted by atomic mass is 32.2. The minimum Gasteiger partial charge on any atom is -0.385 e. The predicted octanol–water partition coefficient (Wildman–Crippen LogP) is 4.97. The summed E-state index contributed by atoms with van der Waals surface area (Å²) in [5.41, 5.74) is -0.954. The van der Waals surface area contributed by atoms with Crippen molar-refractivity contribution in [2.24, 2.45) is 0 Å². The molecule has 0 saturated heterocycles. The largest absolute Gasteiger partial charge is 0.417 e. The van der Waals surface area contributed by atoms with Crippen molar-refractivity contribution >= 4 is 11.8 Å². The lowest BCUT2D eigenvalue weighted by molar-refractivity contribution is -0.139. The van der Waals surface area contributed by atoms with E-state index in [0.717, 1.165) is 12.5 Å². The molecule has 0 atom stereocenters. The first-order chi connectivity index (χ1) is 9.01. The number of thioether (sulfide) groups is 1. The van der Waals surface area contributed by atoms with Gasteiger partial charge in [-0.15, -0.1) is 11.8 Å². The Bertz CT molecular complexity index is 499. The number of alkyl halides is 3. The normalized spacial score (nSPS) is 18.8. The molecule has 1 saturated carbocycles. The van der Waals surface area contributed by atoms with Crippen LogP contribution in [0, 0.1) is 0 Å². The Kier molecular flexibility index (Phi) is 3.89. The maximum atomic E-state index is 13.1. The van der Waals surface area contributed by atoms with Crippen LogP contribution in [0.2, 0.25) is 0 Å². The second-order valence-corrected chi connectivity index (χ2v) is 8.18. The van der Waals surface area contributed by atoms with Gasteiger partial charge in [0.25, 0.3) is 0 Å². The van der Waals surface area contributed by atoms with E-state index in [1.807, 2.05) is 20.8 Å². The van der Waals surface area contributed by atoms with Gasteiger partial charge in [0.1, 0.15) is 0 Å². The van der Waals surface area contributed by atoms with Gasteiger partial charge in [0.2, 0.25) is 0 Å². The van der Waals surface area contributed by atoms with Crippen molar-refractivity contribution in [3.8, 4) is 0 Å². The molecule has 1 nitrogen and oxygen atoms in total. The summed E-state index contributed by atoms with van der Waals surface area (Å²) in [6, 6.07) is 4.02. The van der Waals surface area contributed by atoms with Crippen molar-refractivity contribution in [3.63, 3.8) is 0 Å². The molecule has 1 fully saturated rings. The molecule has 2 rings (SSSR count). The van der Waals surface area contributed by atoms with E-state index in [-0.39, 0.29) is 9.64 Å². The van der Waals surface area contributed by atoms with Crippen molar-refractivity contribution in [3.05, 3.63) is 29.3 Å². The molecule has 0 radical (unpaired) electrons. The molecule has 0 unspecified atom stereocenters. The van der Waals surface area contributed by atoms with Crippen LogP contribution in [-0.4, -0.2) is 9.85 Å². The van der Waals surface area contributed by atoms with Gasteiger partial charge in [0.15, 0.2) is 0 Å². The molecule has 0 heterocycles. The van der Waals surface area contributed by atoms with Crippen LogP contribution in [0.3, 0.4) is 0 Å². The number of rotatable bonds is 2. The van der Waals surface area contributed by atoms with Crippen LogP contribution in [0.15, 0.2) is 23.1 Å². The first-order valence-electron chi connectivity index (χ1n) is 6.64. The molecule has 0 aromatic heterocycles. The summed E-state index contributed by atoms with van der Waals surface area (Å²) in [6.07, 6.45) is -2.20. The second kappa shape index (κ2) is 4.95. The molecule has 1 aliphatic carbocycles. The van der Waals surface area contributed by atoms with Crippen molar-refractivity contribution in [2.45, 2.75) is 61.5 Å². The van der Waals surface area contributed by atoms with Gasteiger partial charge >= 0.3 is 6.18 Å². The van der Waals surface area contributed by atoms with E-state index >= 15 is 0 Å². The Morgan fingerprint density at radius 2 is 1.75 bits per heavy atom. The van der Waals surface area contributed by atoms with Gasteiger partial charge in [-0.3, -0.25) is 0 Å². The minimum atomic E-state index is -4.37. The van der Waals surface area contributed by atoms with Crippen LogP contribution in [0.25, 0.3) is 0 Å². The number of hydrogen-bond acceptors (Lipinski definition) is 2. The molecule has 0 spiro atoms. The lowest BCUT2D eigenvalue weighted by atomic mass is 9.75. The zero-order valence-electron chi connectivity index (χ0n) is 11.8. The molecule has 0 aliphatic heterocycles. The van der Waals surface area contributed by atoms with E-state index in [1.54, 1.807) is 0 Å². The fraction of sp³-hybridized carbons (Fsp3) is 0.600. The number of hydrogen-bond donors (Lipinski definition) is 1. The molecule has 0 bridgehead atoms. The third-order valence-corrected chi connectivity index (χ3v) is 4.59. The third kappa shape index (κ3) is 3.31. The van der Waals surface area contributed by atoms with E-state index in [9.17, 15) is 18.3 Å². The van der Waals surface area contributed by atoms with Gasteiger partial charge < -0.3 is 5.11 Å². The summed E-state index contributed by atoms with van der Waals surface area (Å²) in [5.74, 6) is 0. The molecule has 1 aliphatic rings. The second-order valence-electron chi connectivity index (χ2n) is 6.31.